The summed E-state index contributed by atoms with van der Waals surface area (Å²) in [5.74, 6) is -0.292. The minimum atomic E-state index is -0.292. The third-order valence-corrected chi connectivity index (χ3v) is 7.34. The Balaban J connectivity index is 1.53. The van der Waals surface area contributed by atoms with E-state index in [0.717, 1.165) is 47.8 Å². The van der Waals surface area contributed by atoms with Crippen molar-refractivity contribution in [3.63, 3.8) is 0 Å². The lowest BCUT2D eigenvalue weighted by molar-refractivity contribution is 0.0601. The van der Waals surface area contributed by atoms with Gasteiger partial charge in [-0.05, 0) is 69.1 Å². The highest BCUT2D eigenvalue weighted by Gasteiger charge is 2.26. The van der Waals surface area contributed by atoms with Gasteiger partial charge in [-0.25, -0.2) is 9.78 Å². The summed E-state index contributed by atoms with van der Waals surface area (Å²) in [4.78, 5) is 19.6. The molecule has 0 fully saturated rings. The van der Waals surface area contributed by atoms with Crippen LogP contribution in [-0.4, -0.2) is 23.2 Å². The first-order valence-corrected chi connectivity index (χ1v) is 11.0. The van der Waals surface area contributed by atoms with Crippen molar-refractivity contribution in [2.24, 2.45) is 0 Å². The predicted octanol–water partition coefficient (Wildman–Crippen LogP) is 4.56. The molecule has 2 aliphatic rings. The number of carbonyl (C=O) groups is 1. The van der Waals surface area contributed by atoms with Crippen LogP contribution in [0.4, 0.5) is 10.1 Å². The molecule has 0 radical (unpaired) electrons. The summed E-state index contributed by atoms with van der Waals surface area (Å²) < 4.78 is 5.01. The van der Waals surface area contributed by atoms with Gasteiger partial charge in [0.1, 0.15) is 5.00 Å². The van der Waals surface area contributed by atoms with Gasteiger partial charge in [-0.1, -0.05) is 0 Å². The minimum Gasteiger partial charge on any atom is -0.465 e. The highest BCUT2D eigenvalue weighted by molar-refractivity contribution is 7.80. The lowest BCUT2D eigenvalue weighted by Crippen LogP contribution is -2.20. The van der Waals surface area contributed by atoms with Gasteiger partial charge in [0.2, 0.25) is 0 Å². The molecule has 8 heteroatoms. The Kier molecular flexibility index (Phi) is 5.24. The number of thiocarbonyl (C=S) groups is 1. The second-order valence-corrected chi connectivity index (χ2v) is 9.18. The number of carbonyl (C=O) groups excluding carboxylic acids is 1. The Morgan fingerprint density at radius 1 is 1.04 bits per heavy atom. The molecular formula is C18H21N3O2S3. The molecule has 0 spiro atoms. The zero-order valence-corrected chi connectivity index (χ0v) is 17.1. The van der Waals surface area contributed by atoms with Gasteiger partial charge < -0.3 is 15.4 Å². The summed E-state index contributed by atoms with van der Waals surface area (Å²) in [6.45, 7) is 0. The van der Waals surface area contributed by atoms with Crippen molar-refractivity contribution < 1.29 is 9.53 Å². The van der Waals surface area contributed by atoms with E-state index in [9.17, 15) is 4.79 Å². The normalized spacial score (nSPS) is 15.7. The summed E-state index contributed by atoms with van der Waals surface area (Å²) in [7, 11) is 1.43. The third-order valence-electron chi connectivity index (χ3n) is 4.85. The summed E-state index contributed by atoms with van der Waals surface area (Å²) in [5, 5.41) is 8.49. The number of nitrogens with zero attached hydrogens (tertiary/aromatic N) is 1. The van der Waals surface area contributed by atoms with Crippen molar-refractivity contribution in [2.75, 3.05) is 17.7 Å². The van der Waals surface area contributed by atoms with Gasteiger partial charge in [-0.15, -0.1) is 22.7 Å². The maximum Gasteiger partial charge on any atom is 0.341 e. The van der Waals surface area contributed by atoms with Crippen molar-refractivity contribution >= 4 is 56.1 Å². The van der Waals surface area contributed by atoms with Gasteiger partial charge in [0, 0.05) is 9.75 Å². The van der Waals surface area contributed by atoms with Crippen molar-refractivity contribution in [3.05, 3.63) is 26.6 Å². The molecule has 0 atom stereocenters. The van der Waals surface area contributed by atoms with Gasteiger partial charge in [-0.3, -0.25) is 0 Å². The fourth-order valence-electron chi connectivity index (χ4n) is 3.61. The van der Waals surface area contributed by atoms with E-state index in [4.69, 9.17) is 17.0 Å². The van der Waals surface area contributed by atoms with Gasteiger partial charge in [0.25, 0.3) is 0 Å². The molecule has 0 aromatic carbocycles. The molecule has 0 saturated carbocycles. The SMILES string of the molecule is COC(=O)c1c(NC(=S)Nc2nc3c(s2)CCCC3)sc2c1CCCC2. The highest BCUT2D eigenvalue weighted by atomic mass is 32.1. The summed E-state index contributed by atoms with van der Waals surface area (Å²) in [6, 6.07) is 0. The number of thiophene rings is 1. The third kappa shape index (κ3) is 3.50. The number of anilines is 2. The van der Waals surface area contributed by atoms with E-state index in [1.54, 1.807) is 22.7 Å². The van der Waals surface area contributed by atoms with E-state index in [-0.39, 0.29) is 5.97 Å². The molecule has 0 saturated heterocycles. The number of hydrogen-bond acceptors (Lipinski definition) is 6. The van der Waals surface area contributed by atoms with Crippen molar-refractivity contribution in [2.45, 2.75) is 51.4 Å². The van der Waals surface area contributed by atoms with E-state index in [1.807, 2.05) is 0 Å². The molecule has 0 unspecified atom stereocenters. The number of aromatic nitrogens is 1. The van der Waals surface area contributed by atoms with Crippen LogP contribution in [0.1, 0.15) is 57.1 Å². The van der Waals surface area contributed by atoms with E-state index in [2.05, 4.69) is 15.6 Å². The van der Waals surface area contributed by atoms with Gasteiger partial charge in [0.05, 0.1) is 18.4 Å². The molecule has 0 aliphatic heterocycles. The van der Waals surface area contributed by atoms with Gasteiger partial charge in [-0.2, -0.15) is 0 Å². The molecule has 4 rings (SSSR count). The van der Waals surface area contributed by atoms with Crippen molar-refractivity contribution in [1.82, 2.24) is 4.98 Å². The van der Waals surface area contributed by atoms with Crippen LogP contribution in [0.5, 0.6) is 0 Å². The number of aryl methyl sites for hydroxylation is 3. The van der Waals surface area contributed by atoms with Crippen LogP contribution < -0.4 is 10.6 Å². The Labute approximate surface area is 166 Å². The van der Waals surface area contributed by atoms with Crippen LogP contribution in [0.25, 0.3) is 0 Å². The van der Waals surface area contributed by atoms with E-state index >= 15 is 0 Å². The van der Waals surface area contributed by atoms with Crippen LogP contribution in [0.15, 0.2) is 0 Å². The number of ether oxygens (including phenoxy) is 1. The number of methoxy groups -OCH3 is 1. The quantitative estimate of drug-likeness (QED) is 0.575. The first-order valence-electron chi connectivity index (χ1n) is 8.95. The van der Waals surface area contributed by atoms with Crippen LogP contribution in [0, 0.1) is 0 Å². The van der Waals surface area contributed by atoms with Crippen LogP contribution in [-0.2, 0) is 30.4 Å². The average molecular weight is 408 g/mol. The molecule has 0 amide bonds. The Bertz CT molecular complexity index is 833. The molecule has 5 nitrogen and oxygen atoms in total. The smallest absolute Gasteiger partial charge is 0.341 e. The van der Waals surface area contributed by atoms with E-state index < -0.39 is 0 Å². The van der Waals surface area contributed by atoms with Crippen molar-refractivity contribution in [1.29, 1.82) is 0 Å². The number of thiazole rings is 1. The molecule has 138 valence electrons. The van der Waals surface area contributed by atoms with Crippen molar-refractivity contribution in [3.8, 4) is 0 Å². The maximum atomic E-state index is 12.3. The molecule has 26 heavy (non-hydrogen) atoms. The topological polar surface area (TPSA) is 63.2 Å². The highest BCUT2D eigenvalue weighted by Crippen LogP contribution is 2.38. The number of fused-ring (bicyclic) bond motifs is 2. The Morgan fingerprint density at radius 2 is 1.77 bits per heavy atom. The number of rotatable bonds is 3. The summed E-state index contributed by atoms with van der Waals surface area (Å²) in [6.07, 6.45) is 8.84. The first kappa shape index (κ1) is 17.9. The Morgan fingerprint density at radius 3 is 2.54 bits per heavy atom. The molecule has 2 aliphatic carbocycles. The Hall–Kier alpha value is -1.51. The standard InChI is InChI=1S/C18H21N3O2S3/c1-23-16(22)14-10-6-2-4-8-12(10)25-15(14)20-17(24)21-18-19-11-7-3-5-9-13(11)26-18/h2-9H2,1H3,(H2,19,20,21,24). The average Bonchev–Trinajstić information content (AvgIpc) is 3.20. The monoisotopic (exact) mass is 407 g/mol. The van der Waals surface area contributed by atoms with Gasteiger partial charge in [0.15, 0.2) is 10.2 Å². The zero-order chi connectivity index (χ0) is 18.1. The maximum absolute atomic E-state index is 12.3. The fourth-order valence-corrected chi connectivity index (χ4v) is 6.27. The van der Waals surface area contributed by atoms with E-state index in [0.29, 0.717) is 10.7 Å². The minimum absolute atomic E-state index is 0.292. The molecule has 2 N–H and O–H groups in total. The molecule has 2 heterocycles. The number of esters is 1. The zero-order valence-electron chi connectivity index (χ0n) is 14.6. The second kappa shape index (κ2) is 7.62. The van der Waals surface area contributed by atoms with Crippen LogP contribution >= 0.6 is 34.9 Å². The fraction of sp³-hybridized carbons (Fsp3) is 0.500. The molecular weight excluding hydrogens is 386 g/mol. The summed E-state index contributed by atoms with van der Waals surface area (Å²) in [5.41, 5.74) is 2.98. The molecule has 2 aromatic heterocycles. The first-order chi connectivity index (χ1) is 12.7. The number of nitrogens with one attached hydrogen (secondary N) is 2. The number of hydrogen-bond donors (Lipinski definition) is 2. The largest absolute Gasteiger partial charge is 0.465 e. The second-order valence-electron chi connectivity index (χ2n) is 6.58. The van der Waals surface area contributed by atoms with E-state index in [1.165, 1.54) is 41.8 Å². The predicted molar refractivity (Wildman–Crippen MR) is 111 cm³/mol. The lowest BCUT2D eigenvalue weighted by Gasteiger charge is -2.12. The summed E-state index contributed by atoms with van der Waals surface area (Å²) >= 11 is 8.77. The molecule has 0 bridgehead atoms. The molecule has 2 aromatic rings. The van der Waals surface area contributed by atoms with Gasteiger partial charge >= 0.3 is 5.97 Å². The van der Waals surface area contributed by atoms with Crippen LogP contribution in [0.3, 0.4) is 0 Å². The van der Waals surface area contributed by atoms with Crippen LogP contribution in [0.2, 0.25) is 0 Å². The lowest BCUT2D eigenvalue weighted by atomic mass is 9.95.